The van der Waals surface area contributed by atoms with Gasteiger partial charge in [-0.25, -0.2) is 0 Å². The van der Waals surface area contributed by atoms with Gasteiger partial charge in [-0.2, -0.15) is 0 Å². The normalized spacial score (nSPS) is 39.6. The van der Waals surface area contributed by atoms with E-state index >= 15 is 0 Å². The minimum Gasteiger partial charge on any atom is -0.508 e. The highest BCUT2D eigenvalue weighted by atomic mass is 16.5. The molecule has 1 aromatic rings. The first-order valence-corrected chi connectivity index (χ1v) is 10.0. The summed E-state index contributed by atoms with van der Waals surface area (Å²) in [6.07, 6.45) is 7.68. The van der Waals surface area contributed by atoms with E-state index in [2.05, 4.69) is 13.0 Å². The topological polar surface area (TPSA) is 49.7 Å². The molecule has 0 aliphatic heterocycles. The number of phenolic OH excluding ortho intramolecular Hbond substituents is 1. The van der Waals surface area contributed by atoms with Gasteiger partial charge in [0.1, 0.15) is 5.75 Å². The van der Waals surface area contributed by atoms with Gasteiger partial charge < -0.3 is 14.9 Å². The molecule has 0 saturated heterocycles. The van der Waals surface area contributed by atoms with Crippen LogP contribution in [0.3, 0.4) is 0 Å². The minimum absolute atomic E-state index is 0.0906. The molecule has 0 aromatic heterocycles. The Morgan fingerprint density at radius 1 is 1.24 bits per heavy atom. The molecule has 2 fully saturated rings. The molecule has 4 rings (SSSR count). The van der Waals surface area contributed by atoms with E-state index in [9.17, 15) is 10.2 Å². The quantitative estimate of drug-likeness (QED) is 0.802. The van der Waals surface area contributed by atoms with E-state index in [1.54, 1.807) is 7.11 Å². The number of fused-ring (bicyclic) bond motifs is 5. The number of aliphatic hydroxyl groups excluding tert-OH is 1. The fourth-order valence-electron chi connectivity index (χ4n) is 6.62. The Balaban J connectivity index is 1.70. The Labute approximate surface area is 151 Å². The van der Waals surface area contributed by atoms with Gasteiger partial charge in [0.05, 0.1) is 6.10 Å². The van der Waals surface area contributed by atoms with Crippen molar-refractivity contribution in [2.75, 3.05) is 13.7 Å². The molecule has 0 bridgehead atoms. The minimum atomic E-state index is -0.135. The van der Waals surface area contributed by atoms with Crippen molar-refractivity contribution in [3.05, 3.63) is 29.3 Å². The summed E-state index contributed by atoms with van der Waals surface area (Å²) in [5.74, 6) is 2.92. The van der Waals surface area contributed by atoms with Crippen LogP contribution in [-0.4, -0.2) is 30.0 Å². The van der Waals surface area contributed by atoms with Crippen LogP contribution in [0.5, 0.6) is 5.75 Å². The molecule has 3 nitrogen and oxygen atoms in total. The van der Waals surface area contributed by atoms with Crippen molar-refractivity contribution in [3.8, 4) is 5.75 Å². The molecule has 0 spiro atoms. The van der Waals surface area contributed by atoms with Gasteiger partial charge in [0.25, 0.3) is 0 Å². The molecule has 0 amide bonds. The zero-order valence-electron chi connectivity index (χ0n) is 15.6. The lowest BCUT2D eigenvalue weighted by atomic mass is 9.51. The van der Waals surface area contributed by atoms with Gasteiger partial charge in [-0.1, -0.05) is 13.0 Å². The fourth-order valence-corrected chi connectivity index (χ4v) is 6.62. The second-order valence-electron chi connectivity index (χ2n) is 8.92. The molecule has 0 heterocycles. The van der Waals surface area contributed by atoms with Crippen LogP contribution in [0.25, 0.3) is 0 Å². The van der Waals surface area contributed by atoms with E-state index in [0.717, 1.165) is 32.3 Å². The van der Waals surface area contributed by atoms with Crippen molar-refractivity contribution < 1.29 is 14.9 Å². The molecule has 2 N–H and O–H groups in total. The van der Waals surface area contributed by atoms with Crippen LogP contribution in [0, 0.1) is 23.2 Å². The van der Waals surface area contributed by atoms with E-state index < -0.39 is 0 Å². The van der Waals surface area contributed by atoms with Crippen LogP contribution in [0.15, 0.2) is 18.2 Å². The predicted molar refractivity (Wildman–Crippen MR) is 98.7 cm³/mol. The third-order valence-electron chi connectivity index (χ3n) is 7.70. The molecule has 25 heavy (non-hydrogen) atoms. The molecular formula is C22H32O3. The van der Waals surface area contributed by atoms with Crippen LogP contribution in [0.1, 0.15) is 62.5 Å². The van der Waals surface area contributed by atoms with Crippen molar-refractivity contribution in [1.82, 2.24) is 0 Å². The number of aryl methyl sites for hydroxylation is 1. The van der Waals surface area contributed by atoms with Crippen molar-refractivity contribution in [2.24, 2.45) is 23.2 Å². The second kappa shape index (κ2) is 6.59. The zero-order valence-corrected chi connectivity index (χ0v) is 15.6. The molecule has 0 radical (unpaired) electrons. The highest BCUT2D eigenvalue weighted by molar-refractivity contribution is 5.40. The third kappa shape index (κ3) is 2.80. The van der Waals surface area contributed by atoms with Crippen LogP contribution >= 0.6 is 0 Å². The molecule has 3 aliphatic carbocycles. The van der Waals surface area contributed by atoms with Crippen molar-refractivity contribution in [3.63, 3.8) is 0 Å². The van der Waals surface area contributed by atoms with E-state index in [-0.39, 0.29) is 11.5 Å². The Hall–Kier alpha value is -1.06. The van der Waals surface area contributed by atoms with Crippen LogP contribution in [0.2, 0.25) is 0 Å². The van der Waals surface area contributed by atoms with Gasteiger partial charge in [-0.15, -0.1) is 0 Å². The van der Waals surface area contributed by atoms with Gasteiger partial charge in [0, 0.05) is 13.7 Å². The molecule has 1 aromatic carbocycles. The smallest absolute Gasteiger partial charge is 0.115 e. The average Bonchev–Trinajstić information content (AvgIpc) is 2.89. The Kier molecular flexibility index (Phi) is 4.57. The first kappa shape index (κ1) is 17.4. The Morgan fingerprint density at radius 3 is 2.88 bits per heavy atom. The third-order valence-corrected chi connectivity index (χ3v) is 7.70. The molecule has 138 valence electrons. The van der Waals surface area contributed by atoms with Crippen LogP contribution in [-0.2, 0) is 11.2 Å². The van der Waals surface area contributed by atoms with E-state index in [1.165, 1.54) is 30.4 Å². The predicted octanol–water partition coefficient (Wildman–Crippen LogP) is 4.26. The number of rotatable bonds is 4. The lowest BCUT2D eigenvalue weighted by Gasteiger charge is -2.54. The summed E-state index contributed by atoms with van der Waals surface area (Å²) in [5, 5.41) is 20.6. The summed E-state index contributed by atoms with van der Waals surface area (Å²) in [6.45, 7) is 3.17. The Bertz CT molecular complexity index is 628. The molecule has 0 unspecified atom stereocenters. The van der Waals surface area contributed by atoms with Gasteiger partial charge in [0.2, 0.25) is 0 Å². The van der Waals surface area contributed by atoms with Crippen molar-refractivity contribution >= 4 is 0 Å². The summed E-state index contributed by atoms with van der Waals surface area (Å²) in [5.41, 5.74) is 2.91. The molecule has 2 saturated carbocycles. The number of aromatic hydroxyl groups is 1. The molecule has 3 heteroatoms. The van der Waals surface area contributed by atoms with Gasteiger partial charge in [-0.3, -0.25) is 0 Å². The standard InChI is InChI=1S/C22H32O3/c1-22-13-15(4-3-11-25-2)21-17-8-6-16(23)12-14(17)5-7-18(21)19(22)9-10-20(22)24/h6,8,12,15,18-21,23-24H,3-5,7,9-11,13H2,1-2H3/t15-,18-,19-,20-,21+,22-/m0/s1. The first-order chi connectivity index (χ1) is 12.0. The summed E-state index contributed by atoms with van der Waals surface area (Å²) in [7, 11) is 1.78. The number of phenols is 1. The number of hydrogen-bond donors (Lipinski definition) is 2. The molecular weight excluding hydrogens is 312 g/mol. The fraction of sp³-hybridized carbons (Fsp3) is 0.727. The first-order valence-electron chi connectivity index (χ1n) is 10.0. The SMILES string of the molecule is COCCC[C@H]1C[C@]2(C)[C@@H](O)CC[C@H]2[C@@H]2CCc3cc(O)ccc3[C@@H]12. The highest BCUT2D eigenvalue weighted by Gasteiger charge is 2.57. The lowest BCUT2D eigenvalue weighted by molar-refractivity contribution is -0.0508. The van der Waals surface area contributed by atoms with E-state index in [4.69, 9.17) is 4.74 Å². The maximum absolute atomic E-state index is 10.7. The van der Waals surface area contributed by atoms with E-state index in [0.29, 0.717) is 29.4 Å². The summed E-state index contributed by atoms with van der Waals surface area (Å²) >= 11 is 0. The monoisotopic (exact) mass is 344 g/mol. The van der Waals surface area contributed by atoms with Crippen molar-refractivity contribution in [1.29, 1.82) is 0 Å². The number of hydrogen-bond acceptors (Lipinski definition) is 3. The van der Waals surface area contributed by atoms with Gasteiger partial charge in [-0.05, 0) is 97.3 Å². The summed E-state index contributed by atoms with van der Waals surface area (Å²) in [4.78, 5) is 0. The van der Waals surface area contributed by atoms with E-state index in [1.807, 2.05) is 12.1 Å². The maximum atomic E-state index is 10.7. The van der Waals surface area contributed by atoms with Gasteiger partial charge >= 0.3 is 0 Å². The van der Waals surface area contributed by atoms with Crippen LogP contribution < -0.4 is 0 Å². The lowest BCUT2D eigenvalue weighted by Crippen LogP contribution is -2.48. The highest BCUT2D eigenvalue weighted by Crippen LogP contribution is 2.63. The maximum Gasteiger partial charge on any atom is 0.115 e. The molecule has 6 atom stereocenters. The van der Waals surface area contributed by atoms with Gasteiger partial charge in [0.15, 0.2) is 0 Å². The van der Waals surface area contributed by atoms with Crippen molar-refractivity contribution in [2.45, 2.75) is 63.9 Å². The molecule has 3 aliphatic rings. The Morgan fingerprint density at radius 2 is 2.08 bits per heavy atom. The number of methoxy groups -OCH3 is 1. The second-order valence-corrected chi connectivity index (χ2v) is 8.92. The number of benzene rings is 1. The van der Waals surface area contributed by atoms with Crippen LogP contribution in [0.4, 0.5) is 0 Å². The summed E-state index contributed by atoms with van der Waals surface area (Å²) in [6, 6.07) is 6.03. The largest absolute Gasteiger partial charge is 0.508 e. The zero-order chi connectivity index (χ0) is 17.6. The average molecular weight is 344 g/mol. The number of aliphatic hydroxyl groups is 1. The summed E-state index contributed by atoms with van der Waals surface area (Å²) < 4.78 is 5.30. The number of ether oxygens (including phenoxy) is 1.